The van der Waals surface area contributed by atoms with Crippen molar-refractivity contribution >= 4 is 23.0 Å². The van der Waals surface area contributed by atoms with E-state index in [0.29, 0.717) is 31.0 Å². The molecule has 38 heavy (non-hydrogen) atoms. The molecule has 1 saturated heterocycles. The zero-order chi connectivity index (χ0) is 27.0. The van der Waals surface area contributed by atoms with Gasteiger partial charge in [-0.25, -0.2) is 18.7 Å². The largest absolute Gasteiger partial charge is 0.489 e. The van der Waals surface area contributed by atoms with Gasteiger partial charge in [0, 0.05) is 43.5 Å². The molecule has 0 bridgehead atoms. The van der Waals surface area contributed by atoms with Crippen molar-refractivity contribution in [3.05, 3.63) is 53.7 Å². The lowest BCUT2D eigenvalue weighted by atomic mass is 10.0. The number of fused-ring (bicyclic) bond motifs is 1. The van der Waals surface area contributed by atoms with Crippen molar-refractivity contribution in [2.24, 2.45) is 0 Å². The Balaban J connectivity index is 1.50. The average Bonchev–Trinajstić information content (AvgIpc) is 2.88. The van der Waals surface area contributed by atoms with Crippen LogP contribution in [0.1, 0.15) is 19.4 Å². The van der Waals surface area contributed by atoms with E-state index in [1.165, 1.54) is 12.1 Å². The third-order valence-corrected chi connectivity index (χ3v) is 6.57. The molecule has 1 fully saturated rings. The van der Waals surface area contributed by atoms with Gasteiger partial charge in [0.15, 0.2) is 11.6 Å². The molecule has 12 heteroatoms. The highest BCUT2D eigenvalue weighted by molar-refractivity contribution is 5.75. The Morgan fingerprint density at radius 2 is 1.76 bits per heavy atom. The Kier molecular flexibility index (Phi) is 6.99. The maximum atomic E-state index is 14.9. The lowest BCUT2D eigenvalue weighted by Crippen LogP contribution is -2.43. The minimum absolute atomic E-state index is 0.0737. The minimum atomic E-state index is -4.73. The maximum absolute atomic E-state index is 14.9. The predicted octanol–water partition coefficient (Wildman–Crippen LogP) is 5.20. The molecule has 0 radical (unpaired) electrons. The van der Waals surface area contributed by atoms with Crippen LogP contribution in [0.15, 0.2) is 36.5 Å². The van der Waals surface area contributed by atoms with Gasteiger partial charge in [-0.1, -0.05) is 0 Å². The number of nitrogens with one attached hydrogen (secondary N) is 2. The van der Waals surface area contributed by atoms with Crippen molar-refractivity contribution in [1.82, 2.24) is 15.3 Å². The highest BCUT2D eigenvalue weighted by atomic mass is 19.4. The first-order chi connectivity index (χ1) is 18.1. The van der Waals surface area contributed by atoms with E-state index in [1.54, 1.807) is 17.0 Å². The number of rotatable bonds is 5. The standard InChI is InChI=1S/C26H27F5N6O/c1-15(2)37-9-10-38-24-18(26(29,30)31)11-16(12-22(24)37)23-20(28)14-33-25(35-23)34-17-3-4-21(19(27)13-17)36-7-5-32-6-8-36/h3-4,11-15,32H,5-10H2,1-2H3,(H,33,34,35). The van der Waals surface area contributed by atoms with E-state index in [1.807, 2.05) is 18.7 Å². The number of ether oxygens (including phenoxy) is 1. The molecule has 0 aliphatic carbocycles. The smallest absolute Gasteiger partial charge is 0.420 e. The normalized spacial score (nSPS) is 15.9. The van der Waals surface area contributed by atoms with Crippen LogP contribution >= 0.6 is 0 Å². The second-order valence-corrected chi connectivity index (χ2v) is 9.42. The maximum Gasteiger partial charge on any atom is 0.420 e. The van der Waals surface area contributed by atoms with E-state index < -0.39 is 23.4 Å². The molecule has 0 spiro atoms. The summed E-state index contributed by atoms with van der Waals surface area (Å²) in [6.07, 6.45) is -3.85. The molecule has 2 aliphatic rings. The molecule has 0 atom stereocenters. The summed E-state index contributed by atoms with van der Waals surface area (Å²) in [4.78, 5) is 11.8. The number of halogens is 5. The Bertz CT molecular complexity index is 1330. The predicted molar refractivity (Wildman–Crippen MR) is 135 cm³/mol. The van der Waals surface area contributed by atoms with Gasteiger partial charge in [-0.15, -0.1) is 0 Å². The van der Waals surface area contributed by atoms with Gasteiger partial charge >= 0.3 is 6.18 Å². The van der Waals surface area contributed by atoms with Crippen LogP contribution < -0.4 is 25.2 Å². The molecule has 1 aromatic heterocycles. The van der Waals surface area contributed by atoms with Gasteiger partial charge in [-0.2, -0.15) is 13.2 Å². The van der Waals surface area contributed by atoms with E-state index in [2.05, 4.69) is 20.6 Å². The van der Waals surface area contributed by atoms with E-state index in [-0.39, 0.29) is 41.3 Å². The Labute approximate surface area is 216 Å². The topological polar surface area (TPSA) is 65.6 Å². The van der Waals surface area contributed by atoms with Gasteiger partial charge in [0.25, 0.3) is 0 Å². The fourth-order valence-electron chi connectivity index (χ4n) is 4.73. The van der Waals surface area contributed by atoms with Crippen molar-refractivity contribution in [2.75, 3.05) is 54.4 Å². The van der Waals surface area contributed by atoms with E-state index in [9.17, 15) is 22.0 Å². The highest BCUT2D eigenvalue weighted by Crippen LogP contribution is 2.46. The molecule has 0 saturated carbocycles. The number of hydrogen-bond acceptors (Lipinski definition) is 7. The van der Waals surface area contributed by atoms with Crippen molar-refractivity contribution in [3.8, 4) is 17.0 Å². The number of benzene rings is 2. The molecule has 2 N–H and O–H groups in total. The first-order valence-electron chi connectivity index (χ1n) is 12.3. The van der Waals surface area contributed by atoms with Crippen molar-refractivity contribution < 1.29 is 26.7 Å². The average molecular weight is 535 g/mol. The summed E-state index contributed by atoms with van der Waals surface area (Å²) in [6.45, 7) is 7.07. The Morgan fingerprint density at radius 1 is 1.00 bits per heavy atom. The Hall–Kier alpha value is -3.67. The second-order valence-electron chi connectivity index (χ2n) is 9.42. The summed E-state index contributed by atoms with van der Waals surface area (Å²) in [5.41, 5.74) is -0.399. The first-order valence-corrected chi connectivity index (χ1v) is 12.3. The number of nitrogens with zero attached hydrogens (tertiary/aromatic N) is 4. The molecule has 0 unspecified atom stereocenters. The van der Waals surface area contributed by atoms with Gasteiger partial charge in [-0.3, -0.25) is 0 Å². The summed E-state index contributed by atoms with van der Waals surface area (Å²) < 4.78 is 77.1. The van der Waals surface area contributed by atoms with Gasteiger partial charge < -0.3 is 25.2 Å². The first kappa shape index (κ1) is 26.0. The highest BCUT2D eigenvalue weighted by Gasteiger charge is 2.39. The van der Waals surface area contributed by atoms with Crippen molar-refractivity contribution in [1.29, 1.82) is 0 Å². The SMILES string of the molecule is CC(C)N1CCOc2c1cc(-c1nc(Nc3ccc(N4CCNCC4)c(F)c3)ncc1F)cc2C(F)(F)F. The van der Waals surface area contributed by atoms with Crippen LogP contribution in [0, 0.1) is 11.6 Å². The molecular weight excluding hydrogens is 507 g/mol. The number of alkyl halides is 3. The third-order valence-electron chi connectivity index (χ3n) is 6.57. The van der Waals surface area contributed by atoms with Gasteiger partial charge in [0.1, 0.15) is 23.7 Å². The monoisotopic (exact) mass is 534 g/mol. The number of piperazine rings is 1. The van der Waals surface area contributed by atoms with Crippen LogP contribution in [-0.2, 0) is 6.18 Å². The lowest BCUT2D eigenvalue weighted by molar-refractivity contribution is -0.139. The molecule has 3 aromatic rings. The summed E-state index contributed by atoms with van der Waals surface area (Å²) in [5.74, 6) is -1.71. The third kappa shape index (κ3) is 5.17. The quantitative estimate of drug-likeness (QED) is 0.436. The number of aromatic nitrogens is 2. The fourth-order valence-corrected chi connectivity index (χ4v) is 4.73. The van der Waals surface area contributed by atoms with Gasteiger partial charge in [0.05, 0.1) is 24.1 Å². The number of hydrogen-bond donors (Lipinski definition) is 2. The van der Waals surface area contributed by atoms with Crippen LogP contribution in [0.3, 0.4) is 0 Å². The van der Waals surface area contributed by atoms with Crippen molar-refractivity contribution in [2.45, 2.75) is 26.1 Å². The lowest BCUT2D eigenvalue weighted by Gasteiger charge is -2.36. The summed E-state index contributed by atoms with van der Waals surface area (Å²) in [6, 6.07) is 6.72. The van der Waals surface area contributed by atoms with E-state index in [4.69, 9.17) is 4.74 Å². The van der Waals surface area contributed by atoms with Gasteiger partial charge in [-0.05, 0) is 44.2 Å². The molecule has 2 aromatic carbocycles. The molecule has 2 aliphatic heterocycles. The molecule has 5 rings (SSSR count). The van der Waals surface area contributed by atoms with Crippen LogP contribution in [0.25, 0.3) is 11.3 Å². The second kappa shape index (κ2) is 10.2. The molecular formula is C26H27F5N6O. The summed E-state index contributed by atoms with van der Waals surface area (Å²) >= 11 is 0. The van der Waals surface area contributed by atoms with Crippen molar-refractivity contribution in [3.63, 3.8) is 0 Å². The zero-order valence-electron chi connectivity index (χ0n) is 20.9. The zero-order valence-corrected chi connectivity index (χ0v) is 20.9. The van der Waals surface area contributed by atoms with E-state index in [0.717, 1.165) is 25.4 Å². The summed E-state index contributed by atoms with van der Waals surface area (Å²) in [7, 11) is 0. The van der Waals surface area contributed by atoms with Crippen LogP contribution in [0.2, 0.25) is 0 Å². The van der Waals surface area contributed by atoms with Crippen LogP contribution in [0.4, 0.5) is 45.0 Å². The fraction of sp³-hybridized carbons (Fsp3) is 0.385. The Morgan fingerprint density at radius 3 is 2.45 bits per heavy atom. The summed E-state index contributed by atoms with van der Waals surface area (Å²) in [5, 5.41) is 6.04. The molecule has 202 valence electrons. The molecule has 0 amide bonds. The number of anilines is 4. The minimum Gasteiger partial charge on any atom is -0.489 e. The molecule has 7 nitrogen and oxygen atoms in total. The van der Waals surface area contributed by atoms with E-state index >= 15 is 0 Å². The van der Waals surface area contributed by atoms with Crippen LogP contribution in [-0.4, -0.2) is 55.3 Å². The van der Waals surface area contributed by atoms with Crippen LogP contribution in [0.5, 0.6) is 5.75 Å². The molecule has 3 heterocycles. The van der Waals surface area contributed by atoms with Gasteiger partial charge in [0.2, 0.25) is 5.95 Å².